The van der Waals surface area contributed by atoms with Gasteiger partial charge in [0.2, 0.25) is 0 Å². The van der Waals surface area contributed by atoms with Crippen LogP contribution in [0.4, 0.5) is 14.6 Å². The molecule has 1 aromatic heterocycles. The smallest absolute Gasteiger partial charge is 0.263 e. The summed E-state index contributed by atoms with van der Waals surface area (Å²) in [6, 6.07) is 13.8. The molecule has 8 heteroatoms. The van der Waals surface area contributed by atoms with E-state index in [-0.39, 0.29) is 11.7 Å². The Morgan fingerprint density at radius 1 is 0.968 bits per heavy atom. The second kappa shape index (κ2) is 9.07. The zero-order valence-corrected chi connectivity index (χ0v) is 17.0. The highest BCUT2D eigenvalue weighted by Gasteiger charge is 2.26. The summed E-state index contributed by atoms with van der Waals surface area (Å²) < 4.78 is 32.1. The van der Waals surface area contributed by atoms with Crippen LogP contribution in [0.5, 0.6) is 5.75 Å². The van der Waals surface area contributed by atoms with Crippen LogP contribution < -0.4 is 9.64 Å². The quantitative estimate of drug-likeness (QED) is 0.627. The first-order valence-electron chi connectivity index (χ1n) is 10.0. The fourth-order valence-electron chi connectivity index (χ4n) is 3.51. The van der Waals surface area contributed by atoms with Crippen LogP contribution in [0.3, 0.4) is 0 Å². The summed E-state index contributed by atoms with van der Waals surface area (Å²) >= 11 is 0. The zero-order valence-electron chi connectivity index (χ0n) is 17.0. The van der Waals surface area contributed by atoms with Crippen molar-refractivity contribution < 1.29 is 18.3 Å². The van der Waals surface area contributed by atoms with Gasteiger partial charge in [-0.3, -0.25) is 4.79 Å². The minimum absolute atomic E-state index is 0.140. The average Bonchev–Trinajstić information content (AvgIpc) is 2.79. The maximum atomic E-state index is 13.3. The first-order valence-corrected chi connectivity index (χ1v) is 10.0. The number of aromatic nitrogens is 2. The maximum absolute atomic E-state index is 13.3. The Bertz CT molecular complexity index is 1050. The predicted molar refractivity (Wildman–Crippen MR) is 113 cm³/mol. The van der Waals surface area contributed by atoms with Crippen molar-refractivity contribution in [3.63, 3.8) is 0 Å². The van der Waals surface area contributed by atoms with Gasteiger partial charge in [0.05, 0.1) is 5.69 Å². The summed E-state index contributed by atoms with van der Waals surface area (Å²) in [6.07, 6.45) is 0.776. The summed E-state index contributed by atoms with van der Waals surface area (Å²) in [5, 5.41) is 0. The van der Waals surface area contributed by atoms with E-state index in [1.165, 1.54) is 30.6 Å². The maximum Gasteiger partial charge on any atom is 0.263 e. The highest BCUT2D eigenvalue weighted by atomic mass is 19.1. The lowest BCUT2D eigenvalue weighted by Gasteiger charge is -2.36. The number of carbonyl (C=O) groups excluding carboxylic acids is 1. The van der Waals surface area contributed by atoms with Gasteiger partial charge < -0.3 is 14.5 Å². The highest BCUT2D eigenvalue weighted by Crippen LogP contribution is 2.22. The van der Waals surface area contributed by atoms with Gasteiger partial charge in [-0.15, -0.1) is 0 Å². The molecule has 0 N–H and O–H groups in total. The Balaban J connectivity index is 1.36. The monoisotopic (exact) mass is 424 g/mol. The number of hydrogen-bond donors (Lipinski definition) is 0. The molecule has 1 atom stereocenters. The highest BCUT2D eigenvalue weighted by molar-refractivity contribution is 5.81. The van der Waals surface area contributed by atoms with Gasteiger partial charge in [-0.1, -0.05) is 6.07 Å². The third kappa shape index (κ3) is 4.96. The Kier molecular flexibility index (Phi) is 6.06. The SMILES string of the molecule is CC(Oc1cccc(F)c1)C(=O)N1CCN(c2cc(-c3ccc(F)cc3)ncn2)CC1. The van der Waals surface area contributed by atoms with Crippen LogP contribution >= 0.6 is 0 Å². The Labute approximate surface area is 179 Å². The normalized spacial score (nSPS) is 14.9. The van der Waals surface area contributed by atoms with E-state index in [2.05, 4.69) is 14.9 Å². The number of hydrogen-bond acceptors (Lipinski definition) is 5. The Morgan fingerprint density at radius 3 is 2.42 bits per heavy atom. The molecular formula is C23H22F2N4O2. The van der Waals surface area contributed by atoms with Crippen LogP contribution in [0.25, 0.3) is 11.3 Å². The molecule has 1 aliphatic heterocycles. The van der Waals surface area contributed by atoms with Crippen molar-refractivity contribution in [2.75, 3.05) is 31.1 Å². The standard InChI is InChI=1S/C23H22F2N4O2/c1-16(31-20-4-2-3-19(25)13-20)23(30)29-11-9-28(10-12-29)22-14-21(26-15-27-22)17-5-7-18(24)8-6-17/h2-8,13-16H,9-12H2,1H3. The van der Waals surface area contributed by atoms with Gasteiger partial charge in [-0.05, 0) is 43.3 Å². The van der Waals surface area contributed by atoms with E-state index in [1.54, 1.807) is 36.1 Å². The molecule has 1 unspecified atom stereocenters. The van der Waals surface area contributed by atoms with Crippen LogP contribution in [0, 0.1) is 11.6 Å². The molecule has 4 rings (SSSR count). The van der Waals surface area contributed by atoms with Gasteiger partial charge in [0.15, 0.2) is 6.10 Å². The molecule has 0 aliphatic carbocycles. The van der Waals surface area contributed by atoms with E-state index < -0.39 is 11.9 Å². The molecule has 31 heavy (non-hydrogen) atoms. The van der Waals surface area contributed by atoms with Gasteiger partial charge in [-0.25, -0.2) is 18.7 Å². The predicted octanol–water partition coefficient (Wildman–Crippen LogP) is 3.54. The van der Waals surface area contributed by atoms with Crippen molar-refractivity contribution in [1.82, 2.24) is 14.9 Å². The van der Waals surface area contributed by atoms with Gasteiger partial charge in [-0.2, -0.15) is 0 Å². The van der Waals surface area contributed by atoms with Crippen molar-refractivity contribution >= 4 is 11.7 Å². The summed E-state index contributed by atoms with van der Waals surface area (Å²) in [5.74, 6) is 0.239. The van der Waals surface area contributed by atoms with Gasteiger partial charge >= 0.3 is 0 Å². The summed E-state index contributed by atoms with van der Waals surface area (Å²) in [4.78, 5) is 25.2. The molecule has 0 radical (unpaired) electrons. The van der Waals surface area contributed by atoms with E-state index in [0.717, 1.165) is 11.4 Å². The van der Waals surface area contributed by atoms with Crippen molar-refractivity contribution in [2.45, 2.75) is 13.0 Å². The van der Waals surface area contributed by atoms with Crippen molar-refractivity contribution in [3.8, 4) is 17.0 Å². The van der Waals surface area contributed by atoms with Gasteiger partial charge in [0.25, 0.3) is 5.91 Å². The van der Waals surface area contributed by atoms with Gasteiger partial charge in [0, 0.05) is 43.9 Å². The van der Waals surface area contributed by atoms with E-state index in [9.17, 15) is 13.6 Å². The lowest BCUT2D eigenvalue weighted by molar-refractivity contribution is -0.138. The number of ether oxygens (including phenoxy) is 1. The van der Waals surface area contributed by atoms with Crippen molar-refractivity contribution in [3.05, 3.63) is 72.6 Å². The van der Waals surface area contributed by atoms with Crippen molar-refractivity contribution in [2.24, 2.45) is 0 Å². The summed E-state index contributed by atoms with van der Waals surface area (Å²) in [7, 11) is 0. The second-order valence-electron chi connectivity index (χ2n) is 7.30. The summed E-state index contributed by atoms with van der Waals surface area (Å²) in [5.41, 5.74) is 1.52. The molecule has 160 valence electrons. The molecule has 1 fully saturated rings. The zero-order chi connectivity index (χ0) is 21.8. The Hall–Kier alpha value is -3.55. The molecule has 0 saturated carbocycles. The Morgan fingerprint density at radius 2 is 1.71 bits per heavy atom. The number of carbonyl (C=O) groups is 1. The molecule has 0 bridgehead atoms. The number of nitrogens with zero attached hydrogens (tertiary/aromatic N) is 4. The second-order valence-corrected chi connectivity index (χ2v) is 7.30. The minimum atomic E-state index is -0.711. The van der Waals surface area contributed by atoms with Crippen LogP contribution in [0.2, 0.25) is 0 Å². The number of rotatable bonds is 5. The fourth-order valence-corrected chi connectivity index (χ4v) is 3.51. The number of halogens is 2. The molecule has 1 aliphatic rings. The lowest BCUT2D eigenvalue weighted by atomic mass is 10.1. The molecule has 0 spiro atoms. The number of benzene rings is 2. The summed E-state index contributed by atoms with van der Waals surface area (Å²) in [6.45, 7) is 3.92. The number of anilines is 1. The third-order valence-electron chi connectivity index (χ3n) is 5.16. The van der Waals surface area contributed by atoms with E-state index >= 15 is 0 Å². The molecule has 1 saturated heterocycles. The molecule has 1 amide bonds. The molecular weight excluding hydrogens is 402 g/mol. The van der Waals surface area contributed by atoms with Crippen LogP contribution in [-0.4, -0.2) is 53.1 Å². The molecule has 6 nitrogen and oxygen atoms in total. The number of piperazine rings is 1. The van der Waals surface area contributed by atoms with Gasteiger partial charge in [0.1, 0.15) is 29.5 Å². The topological polar surface area (TPSA) is 58.6 Å². The first-order chi connectivity index (χ1) is 15.0. The molecule has 2 aromatic carbocycles. The average molecular weight is 424 g/mol. The third-order valence-corrected chi connectivity index (χ3v) is 5.16. The van der Waals surface area contributed by atoms with Crippen molar-refractivity contribution in [1.29, 1.82) is 0 Å². The molecule has 3 aromatic rings. The van der Waals surface area contributed by atoms with Crippen LogP contribution in [-0.2, 0) is 4.79 Å². The minimum Gasteiger partial charge on any atom is -0.481 e. The number of amides is 1. The van der Waals surface area contributed by atoms with E-state index in [1.807, 2.05) is 6.07 Å². The molecule has 2 heterocycles. The fraction of sp³-hybridized carbons (Fsp3) is 0.261. The first kappa shape index (κ1) is 20.7. The lowest BCUT2D eigenvalue weighted by Crippen LogP contribution is -2.52. The van der Waals surface area contributed by atoms with Crippen LogP contribution in [0.15, 0.2) is 60.9 Å². The largest absolute Gasteiger partial charge is 0.481 e. The van der Waals surface area contributed by atoms with Crippen LogP contribution in [0.1, 0.15) is 6.92 Å². The van der Waals surface area contributed by atoms with E-state index in [0.29, 0.717) is 37.6 Å². The van der Waals surface area contributed by atoms with E-state index in [4.69, 9.17) is 4.74 Å².